The van der Waals surface area contributed by atoms with Crippen LogP contribution in [0.4, 0.5) is 5.13 Å². The maximum Gasteiger partial charge on any atom is 0.233 e. The molecule has 1 saturated heterocycles. The van der Waals surface area contributed by atoms with Crippen molar-refractivity contribution in [1.29, 1.82) is 0 Å². The van der Waals surface area contributed by atoms with Gasteiger partial charge in [0, 0.05) is 26.2 Å². The Balaban J connectivity index is 1.57. The van der Waals surface area contributed by atoms with Crippen LogP contribution in [-0.2, 0) is 16.0 Å². The summed E-state index contributed by atoms with van der Waals surface area (Å²) in [6, 6.07) is 14.4. The first kappa shape index (κ1) is 20.0. The molecule has 0 atom stereocenters. The second-order valence-corrected chi connectivity index (χ2v) is 8.64. The smallest absolute Gasteiger partial charge is 0.233 e. The number of thiazole rings is 1. The zero-order valence-electron chi connectivity index (χ0n) is 17.1. The fourth-order valence-electron chi connectivity index (χ4n) is 3.62. The number of aromatic nitrogens is 1. The Morgan fingerprint density at radius 2 is 1.93 bits per heavy atom. The molecule has 29 heavy (non-hydrogen) atoms. The molecule has 1 aliphatic heterocycles. The van der Waals surface area contributed by atoms with Crippen LogP contribution in [0.1, 0.15) is 16.7 Å². The van der Waals surface area contributed by atoms with E-state index in [0.29, 0.717) is 13.0 Å². The lowest BCUT2D eigenvalue weighted by atomic mass is 10.1. The summed E-state index contributed by atoms with van der Waals surface area (Å²) >= 11 is 1.60. The number of fused-ring (bicyclic) bond motifs is 1. The van der Waals surface area contributed by atoms with Crippen molar-refractivity contribution >= 4 is 32.6 Å². The minimum Gasteiger partial charge on any atom is -0.379 e. The summed E-state index contributed by atoms with van der Waals surface area (Å²) in [5.74, 6) is 0.0969. The van der Waals surface area contributed by atoms with Crippen molar-refractivity contribution in [3.05, 3.63) is 59.2 Å². The fraction of sp³-hybridized carbons (Fsp3) is 0.391. The summed E-state index contributed by atoms with van der Waals surface area (Å²) in [5, 5.41) is 0.788. The largest absolute Gasteiger partial charge is 0.379 e. The summed E-state index contributed by atoms with van der Waals surface area (Å²) in [6.07, 6.45) is 0.389. The zero-order valence-corrected chi connectivity index (χ0v) is 17.9. The van der Waals surface area contributed by atoms with Crippen molar-refractivity contribution in [3.63, 3.8) is 0 Å². The fourth-order valence-corrected chi connectivity index (χ4v) is 4.73. The third kappa shape index (κ3) is 5.01. The first-order valence-electron chi connectivity index (χ1n) is 10.1. The van der Waals surface area contributed by atoms with E-state index in [-0.39, 0.29) is 5.91 Å². The predicted octanol–water partition coefficient (Wildman–Crippen LogP) is 3.82. The van der Waals surface area contributed by atoms with Crippen molar-refractivity contribution in [2.45, 2.75) is 20.3 Å². The summed E-state index contributed by atoms with van der Waals surface area (Å²) in [5.41, 5.74) is 4.38. The summed E-state index contributed by atoms with van der Waals surface area (Å²) in [7, 11) is 0. The zero-order chi connectivity index (χ0) is 20.2. The molecule has 0 radical (unpaired) electrons. The molecular weight excluding hydrogens is 382 g/mol. The molecule has 1 aromatic heterocycles. The summed E-state index contributed by atoms with van der Waals surface area (Å²) in [4.78, 5) is 22.3. The highest BCUT2D eigenvalue weighted by Crippen LogP contribution is 2.30. The highest BCUT2D eigenvalue weighted by Gasteiger charge is 2.22. The third-order valence-electron chi connectivity index (χ3n) is 5.25. The van der Waals surface area contributed by atoms with Gasteiger partial charge in [0.1, 0.15) is 0 Å². The average Bonchev–Trinajstić information content (AvgIpc) is 3.11. The van der Waals surface area contributed by atoms with Gasteiger partial charge >= 0.3 is 0 Å². The molecule has 6 heteroatoms. The number of hydrogen-bond donors (Lipinski definition) is 0. The number of nitrogens with zero attached hydrogens (tertiary/aromatic N) is 3. The number of ether oxygens (including phenoxy) is 1. The molecule has 1 fully saturated rings. The van der Waals surface area contributed by atoms with Gasteiger partial charge in [0.05, 0.1) is 29.9 Å². The maximum absolute atomic E-state index is 13.3. The number of carbonyl (C=O) groups excluding carboxylic acids is 1. The van der Waals surface area contributed by atoms with Crippen molar-refractivity contribution < 1.29 is 9.53 Å². The van der Waals surface area contributed by atoms with Crippen LogP contribution in [0.25, 0.3) is 10.2 Å². The quantitative estimate of drug-likeness (QED) is 0.621. The molecule has 1 amide bonds. The second-order valence-electron chi connectivity index (χ2n) is 7.63. The number of benzene rings is 2. The first-order valence-corrected chi connectivity index (χ1v) is 10.9. The van der Waals surface area contributed by atoms with Crippen LogP contribution in [0.5, 0.6) is 0 Å². The van der Waals surface area contributed by atoms with Crippen molar-refractivity contribution in [2.75, 3.05) is 44.3 Å². The molecule has 0 bridgehead atoms. The predicted molar refractivity (Wildman–Crippen MR) is 119 cm³/mol. The van der Waals surface area contributed by atoms with Crippen LogP contribution < -0.4 is 4.90 Å². The number of anilines is 1. The molecule has 0 N–H and O–H groups in total. The number of carbonyl (C=O) groups is 1. The van der Waals surface area contributed by atoms with Crippen LogP contribution in [0.3, 0.4) is 0 Å². The van der Waals surface area contributed by atoms with Crippen LogP contribution in [0.2, 0.25) is 0 Å². The van der Waals surface area contributed by atoms with Gasteiger partial charge in [-0.3, -0.25) is 14.6 Å². The van der Waals surface area contributed by atoms with Gasteiger partial charge < -0.3 is 4.74 Å². The van der Waals surface area contributed by atoms with Gasteiger partial charge in [-0.1, -0.05) is 47.2 Å². The van der Waals surface area contributed by atoms with E-state index >= 15 is 0 Å². The van der Waals surface area contributed by atoms with Crippen LogP contribution in [0, 0.1) is 13.8 Å². The molecule has 3 aromatic rings. The summed E-state index contributed by atoms with van der Waals surface area (Å²) in [6.45, 7) is 8.96. The van der Waals surface area contributed by atoms with E-state index in [1.165, 1.54) is 11.1 Å². The SMILES string of the molecule is Cc1cccc(CC(=O)N(CCN2CCOCC2)c2nc3ccc(C)cc3s2)c1. The van der Waals surface area contributed by atoms with Gasteiger partial charge in [0.25, 0.3) is 0 Å². The highest BCUT2D eigenvalue weighted by atomic mass is 32.1. The normalized spacial score (nSPS) is 15.0. The van der Waals surface area contributed by atoms with E-state index < -0.39 is 0 Å². The number of hydrogen-bond acceptors (Lipinski definition) is 5. The van der Waals surface area contributed by atoms with Crippen LogP contribution >= 0.6 is 11.3 Å². The Morgan fingerprint density at radius 1 is 1.14 bits per heavy atom. The summed E-state index contributed by atoms with van der Waals surface area (Å²) < 4.78 is 6.57. The average molecular weight is 410 g/mol. The lowest BCUT2D eigenvalue weighted by Crippen LogP contribution is -2.43. The molecule has 4 rings (SSSR count). The molecule has 0 saturated carbocycles. The molecule has 152 valence electrons. The topological polar surface area (TPSA) is 45.7 Å². The van der Waals surface area contributed by atoms with E-state index in [9.17, 15) is 4.79 Å². The van der Waals surface area contributed by atoms with Gasteiger partial charge in [0.2, 0.25) is 5.91 Å². The van der Waals surface area contributed by atoms with E-state index in [4.69, 9.17) is 9.72 Å². The first-order chi connectivity index (χ1) is 14.1. The molecule has 0 spiro atoms. The number of aryl methyl sites for hydroxylation is 2. The van der Waals surface area contributed by atoms with Gasteiger partial charge in [-0.2, -0.15) is 0 Å². The minimum absolute atomic E-state index is 0.0969. The molecular formula is C23H27N3O2S. The third-order valence-corrected chi connectivity index (χ3v) is 6.29. The second kappa shape index (κ2) is 9.03. The maximum atomic E-state index is 13.3. The lowest BCUT2D eigenvalue weighted by molar-refractivity contribution is -0.118. The van der Waals surface area contributed by atoms with Gasteiger partial charge in [-0.25, -0.2) is 4.98 Å². The van der Waals surface area contributed by atoms with E-state index in [1.54, 1.807) is 11.3 Å². The molecule has 2 aromatic carbocycles. The van der Waals surface area contributed by atoms with Crippen LogP contribution in [-0.4, -0.2) is 55.2 Å². The Morgan fingerprint density at radius 3 is 2.72 bits per heavy atom. The van der Waals surface area contributed by atoms with Gasteiger partial charge in [-0.15, -0.1) is 0 Å². The van der Waals surface area contributed by atoms with Gasteiger partial charge in [0.15, 0.2) is 5.13 Å². The number of rotatable bonds is 6. The highest BCUT2D eigenvalue weighted by molar-refractivity contribution is 7.22. The van der Waals surface area contributed by atoms with Gasteiger partial charge in [-0.05, 0) is 37.1 Å². The Kier molecular flexibility index (Phi) is 6.23. The van der Waals surface area contributed by atoms with E-state index in [0.717, 1.165) is 53.8 Å². The van der Waals surface area contributed by atoms with Crippen molar-refractivity contribution in [2.24, 2.45) is 0 Å². The molecule has 5 nitrogen and oxygen atoms in total. The molecule has 2 heterocycles. The van der Waals surface area contributed by atoms with E-state index in [2.05, 4.69) is 43.0 Å². The molecule has 0 aliphatic carbocycles. The van der Waals surface area contributed by atoms with Crippen molar-refractivity contribution in [3.8, 4) is 0 Å². The van der Waals surface area contributed by atoms with E-state index in [1.807, 2.05) is 23.1 Å². The Bertz CT molecular complexity index is 995. The lowest BCUT2D eigenvalue weighted by Gasteiger charge is -2.29. The number of amides is 1. The monoisotopic (exact) mass is 409 g/mol. The Labute approximate surface area is 175 Å². The van der Waals surface area contributed by atoms with Crippen molar-refractivity contribution in [1.82, 2.24) is 9.88 Å². The Hall–Kier alpha value is -2.28. The minimum atomic E-state index is 0.0969. The molecule has 0 unspecified atom stereocenters. The van der Waals surface area contributed by atoms with Crippen LogP contribution in [0.15, 0.2) is 42.5 Å². The molecule has 1 aliphatic rings. The number of morpholine rings is 1. The standard InChI is InChI=1S/C23H27N3O2S/c1-17-4-3-5-19(14-17)16-22(27)26(9-8-25-10-12-28-13-11-25)23-24-20-7-6-18(2)15-21(20)29-23/h3-7,14-15H,8-13,16H2,1-2H3.